The van der Waals surface area contributed by atoms with Gasteiger partial charge in [-0.15, -0.1) is 0 Å². The van der Waals surface area contributed by atoms with Crippen LogP contribution in [0.3, 0.4) is 0 Å². The third kappa shape index (κ3) is 4.71. The Morgan fingerprint density at radius 2 is 2.14 bits per heavy atom. The zero-order valence-corrected chi connectivity index (χ0v) is 12.7. The van der Waals surface area contributed by atoms with Gasteiger partial charge in [-0.2, -0.15) is 4.98 Å². The number of carboxylic acid groups (broad SMARTS) is 1. The smallest absolute Gasteiger partial charge is 0.317 e. The molecule has 0 atom stereocenters. The fourth-order valence-corrected chi connectivity index (χ4v) is 2.52. The molecule has 0 aromatic carbocycles. The molecule has 0 aliphatic heterocycles. The molecule has 0 unspecified atom stereocenters. The molecule has 1 heterocycles. The van der Waals surface area contributed by atoms with Crippen molar-refractivity contribution < 1.29 is 19.2 Å². The van der Waals surface area contributed by atoms with Crippen molar-refractivity contribution in [2.45, 2.75) is 51.0 Å². The first-order chi connectivity index (χ1) is 10.6. The molecule has 1 saturated carbocycles. The fourth-order valence-electron chi connectivity index (χ4n) is 2.52. The van der Waals surface area contributed by atoms with Crippen LogP contribution < -0.4 is 5.32 Å². The highest BCUT2D eigenvalue weighted by Gasteiger charge is 2.23. The number of amides is 2. The molecule has 0 saturated heterocycles. The largest absolute Gasteiger partial charge is 0.481 e. The van der Waals surface area contributed by atoms with Crippen LogP contribution in [0.1, 0.15) is 56.2 Å². The highest BCUT2D eigenvalue weighted by Crippen LogP contribution is 2.32. The second-order valence-corrected chi connectivity index (χ2v) is 5.62. The van der Waals surface area contributed by atoms with Crippen LogP contribution in [0.25, 0.3) is 0 Å². The number of carbonyl (C=O) groups excluding carboxylic acids is 1. The Bertz CT molecular complexity index is 511. The molecule has 1 aromatic heterocycles. The zero-order chi connectivity index (χ0) is 15.9. The molecule has 2 N–H and O–H groups in total. The van der Waals surface area contributed by atoms with Crippen LogP contribution >= 0.6 is 0 Å². The molecular weight excluding hydrogens is 288 g/mol. The fraction of sp³-hybridized carbons (Fsp3) is 0.714. The van der Waals surface area contributed by atoms with Gasteiger partial charge >= 0.3 is 12.0 Å². The highest BCUT2D eigenvalue weighted by atomic mass is 16.5. The number of hydrogen-bond acceptors (Lipinski definition) is 5. The van der Waals surface area contributed by atoms with Crippen LogP contribution in [0, 0.1) is 0 Å². The van der Waals surface area contributed by atoms with E-state index in [-0.39, 0.29) is 19.0 Å². The summed E-state index contributed by atoms with van der Waals surface area (Å²) in [6.45, 7) is 0.593. The predicted molar refractivity (Wildman–Crippen MR) is 77.2 cm³/mol. The van der Waals surface area contributed by atoms with Crippen molar-refractivity contribution in [2.75, 3.05) is 13.6 Å². The van der Waals surface area contributed by atoms with E-state index in [1.54, 1.807) is 7.05 Å². The SMILES string of the molecule is CN(Cc1noc(C2CCCC2)n1)C(=O)NCCCC(=O)O. The maximum atomic E-state index is 11.8. The quantitative estimate of drug-likeness (QED) is 0.742. The Labute approximate surface area is 128 Å². The Kier molecular flexibility index (Phi) is 5.74. The summed E-state index contributed by atoms with van der Waals surface area (Å²) in [5.74, 6) is 0.651. The van der Waals surface area contributed by atoms with Crippen molar-refractivity contribution in [3.63, 3.8) is 0 Å². The van der Waals surface area contributed by atoms with Gasteiger partial charge in [0, 0.05) is 25.9 Å². The summed E-state index contributed by atoms with van der Waals surface area (Å²) in [7, 11) is 1.64. The first-order valence-corrected chi connectivity index (χ1v) is 7.59. The van der Waals surface area contributed by atoms with Crippen molar-refractivity contribution in [1.82, 2.24) is 20.4 Å². The Morgan fingerprint density at radius 3 is 2.82 bits per heavy atom. The summed E-state index contributed by atoms with van der Waals surface area (Å²) in [6.07, 6.45) is 5.01. The molecule has 0 spiro atoms. The van der Waals surface area contributed by atoms with E-state index in [1.165, 1.54) is 17.7 Å². The van der Waals surface area contributed by atoms with E-state index in [4.69, 9.17) is 9.63 Å². The Hall–Kier alpha value is -2.12. The van der Waals surface area contributed by atoms with E-state index in [2.05, 4.69) is 15.5 Å². The molecule has 22 heavy (non-hydrogen) atoms. The van der Waals surface area contributed by atoms with Crippen molar-refractivity contribution in [2.24, 2.45) is 0 Å². The molecule has 8 heteroatoms. The average Bonchev–Trinajstić information content (AvgIpc) is 3.13. The van der Waals surface area contributed by atoms with E-state index in [1.807, 2.05) is 0 Å². The lowest BCUT2D eigenvalue weighted by Gasteiger charge is -2.15. The minimum absolute atomic E-state index is 0.0413. The van der Waals surface area contributed by atoms with Crippen LogP contribution in [0.5, 0.6) is 0 Å². The maximum Gasteiger partial charge on any atom is 0.317 e. The minimum Gasteiger partial charge on any atom is -0.481 e. The van der Waals surface area contributed by atoms with Gasteiger partial charge in [0.2, 0.25) is 5.89 Å². The van der Waals surface area contributed by atoms with Gasteiger partial charge in [-0.3, -0.25) is 4.79 Å². The summed E-state index contributed by atoms with van der Waals surface area (Å²) in [5.41, 5.74) is 0. The second-order valence-electron chi connectivity index (χ2n) is 5.62. The van der Waals surface area contributed by atoms with E-state index in [0.717, 1.165) is 12.8 Å². The number of carbonyl (C=O) groups is 2. The standard InChI is InChI=1S/C14H22N4O4/c1-18(14(21)15-8-4-7-12(19)20)9-11-16-13(22-17-11)10-5-2-3-6-10/h10H,2-9H2,1H3,(H,15,21)(H,19,20). The average molecular weight is 310 g/mol. The van der Waals surface area contributed by atoms with Crippen LogP contribution in [0.4, 0.5) is 4.79 Å². The predicted octanol–water partition coefficient (Wildman–Crippen LogP) is 1.73. The molecule has 122 valence electrons. The molecule has 0 bridgehead atoms. The van der Waals surface area contributed by atoms with Gasteiger partial charge in [0.25, 0.3) is 0 Å². The van der Waals surface area contributed by atoms with Gasteiger partial charge in [0.15, 0.2) is 5.82 Å². The van der Waals surface area contributed by atoms with Crippen LogP contribution in [0.15, 0.2) is 4.52 Å². The van der Waals surface area contributed by atoms with Gasteiger partial charge in [0.05, 0.1) is 6.54 Å². The molecule has 1 aliphatic rings. The molecule has 1 fully saturated rings. The maximum absolute atomic E-state index is 11.8. The van der Waals surface area contributed by atoms with E-state index in [9.17, 15) is 9.59 Å². The molecular formula is C14H22N4O4. The Balaban J connectivity index is 1.74. The number of urea groups is 1. The third-order valence-electron chi connectivity index (χ3n) is 3.76. The van der Waals surface area contributed by atoms with Crippen LogP contribution in [0.2, 0.25) is 0 Å². The van der Waals surface area contributed by atoms with Crippen molar-refractivity contribution in [3.8, 4) is 0 Å². The first-order valence-electron chi connectivity index (χ1n) is 7.59. The molecule has 2 amide bonds. The van der Waals surface area contributed by atoms with Crippen LogP contribution in [-0.4, -0.2) is 45.7 Å². The van der Waals surface area contributed by atoms with E-state index < -0.39 is 5.97 Å². The summed E-state index contributed by atoms with van der Waals surface area (Å²) in [4.78, 5) is 28.0. The summed E-state index contributed by atoms with van der Waals surface area (Å²) < 4.78 is 5.27. The number of rotatable bonds is 7. The lowest BCUT2D eigenvalue weighted by Crippen LogP contribution is -2.37. The molecule has 8 nitrogen and oxygen atoms in total. The summed E-state index contributed by atoms with van der Waals surface area (Å²) in [5, 5.41) is 15.1. The minimum atomic E-state index is -0.867. The molecule has 0 radical (unpaired) electrons. The third-order valence-corrected chi connectivity index (χ3v) is 3.76. The summed E-state index contributed by atoms with van der Waals surface area (Å²) >= 11 is 0. The van der Waals surface area contributed by atoms with Crippen molar-refractivity contribution in [3.05, 3.63) is 11.7 Å². The number of hydrogen-bond donors (Lipinski definition) is 2. The number of aromatic nitrogens is 2. The van der Waals surface area contributed by atoms with E-state index >= 15 is 0 Å². The first kappa shape index (κ1) is 16.3. The number of aliphatic carboxylic acids is 1. The number of carboxylic acids is 1. The van der Waals surface area contributed by atoms with E-state index in [0.29, 0.717) is 30.6 Å². The van der Waals surface area contributed by atoms with Crippen molar-refractivity contribution in [1.29, 1.82) is 0 Å². The lowest BCUT2D eigenvalue weighted by atomic mass is 10.1. The normalized spacial score (nSPS) is 15.0. The second kappa shape index (κ2) is 7.77. The topological polar surface area (TPSA) is 109 Å². The molecule has 2 rings (SSSR count). The van der Waals surface area contributed by atoms with Gasteiger partial charge in [0.1, 0.15) is 0 Å². The van der Waals surface area contributed by atoms with Gasteiger partial charge in [-0.1, -0.05) is 18.0 Å². The van der Waals surface area contributed by atoms with Crippen molar-refractivity contribution >= 4 is 12.0 Å². The number of nitrogens with one attached hydrogen (secondary N) is 1. The lowest BCUT2D eigenvalue weighted by molar-refractivity contribution is -0.137. The van der Waals surface area contributed by atoms with Gasteiger partial charge in [-0.25, -0.2) is 4.79 Å². The monoisotopic (exact) mass is 310 g/mol. The molecule has 1 aromatic rings. The Morgan fingerprint density at radius 1 is 1.41 bits per heavy atom. The van der Waals surface area contributed by atoms with Crippen LogP contribution in [-0.2, 0) is 11.3 Å². The summed E-state index contributed by atoms with van der Waals surface area (Å²) in [6, 6.07) is -0.280. The zero-order valence-electron chi connectivity index (χ0n) is 12.7. The van der Waals surface area contributed by atoms with Gasteiger partial charge < -0.3 is 19.8 Å². The number of nitrogens with zero attached hydrogens (tertiary/aromatic N) is 3. The highest BCUT2D eigenvalue weighted by molar-refractivity contribution is 5.73. The molecule has 1 aliphatic carbocycles. The van der Waals surface area contributed by atoms with Gasteiger partial charge in [-0.05, 0) is 19.3 Å².